The van der Waals surface area contributed by atoms with E-state index in [-0.39, 0.29) is 17.9 Å². The molecule has 2 amide bonds. The summed E-state index contributed by atoms with van der Waals surface area (Å²) in [4.78, 5) is 22.8. The number of nitrogens with one attached hydrogen (secondary N) is 2. The summed E-state index contributed by atoms with van der Waals surface area (Å²) in [6.07, 6.45) is 8.94. The van der Waals surface area contributed by atoms with Gasteiger partial charge in [-0.3, -0.25) is 4.79 Å². The molecule has 0 heterocycles. The summed E-state index contributed by atoms with van der Waals surface area (Å²) in [5.41, 5.74) is -0.238. The standard InChI is InChI=1S/C15H26N2O3/c18-13(19)10-15(7-2-1-3-8-15)11-17-14(20)16-9-6-12-4-5-12/h12H,1-11H2,(H,18,19)(H2,16,17,20). The molecular weight excluding hydrogens is 256 g/mol. The van der Waals surface area contributed by atoms with E-state index in [1.165, 1.54) is 19.3 Å². The van der Waals surface area contributed by atoms with Crippen LogP contribution < -0.4 is 10.6 Å². The maximum Gasteiger partial charge on any atom is 0.314 e. The van der Waals surface area contributed by atoms with Crippen LogP contribution in [-0.2, 0) is 4.79 Å². The van der Waals surface area contributed by atoms with Gasteiger partial charge in [0.05, 0.1) is 6.42 Å². The Morgan fingerprint density at radius 2 is 1.80 bits per heavy atom. The van der Waals surface area contributed by atoms with E-state index in [1.54, 1.807) is 0 Å². The number of carboxylic acids is 1. The number of hydrogen-bond acceptors (Lipinski definition) is 2. The van der Waals surface area contributed by atoms with Crippen LogP contribution in [0.15, 0.2) is 0 Å². The molecule has 0 aromatic heterocycles. The van der Waals surface area contributed by atoms with E-state index in [9.17, 15) is 9.59 Å². The van der Waals surface area contributed by atoms with Gasteiger partial charge in [-0.05, 0) is 30.6 Å². The Balaban J connectivity index is 1.72. The van der Waals surface area contributed by atoms with Crippen LogP contribution in [0.5, 0.6) is 0 Å². The van der Waals surface area contributed by atoms with Crippen molar-refractivity contribution in [2.45, 2.75) is 57.8 Å². The topological polar surface area (TPSA) is 78.4 Å². The molecule has 3 N–H and O–H groups in total. The molecule has 0 aliphatic heterocycles. The zero-order chi connectivity index (χ0) is 14.4. The monoisotopic (exact) mass is 282 g/mol. The molecule has 2 aliphatic carbocycles. The lowest BCUT2D eigenvalue weighted by atomic mass is 9.72. The Morgan fingerprint density at radius 3 is 2.40 bits per heavy atom. The molecule has 5 nitrogen and oxygen atoms in total. The highest BCUT2D eigenvalue weighted by atomic mass is 16.4. The van der Waals surface area contributed by atoms with Crippen molar-refractivity contribution >= 4 is 12.0 Å². The van der Waals surface area contributed by atoms with Crippen molar-refractivity contribution in [3.05, 3.63) is 0 Å². The normalized spacial score (nSPS) is 21.2. The van der Waals surface area contributed by atoms with Crippen LogP contribution in [0, 0.1) is 11.3 Å². The summed E-state index contributed by atoms with van der Waals surface area (Å²) in [6, 6.07) is -0.152. The fourth-order valence-corrected chi connectivity index (χ4v) is 3.17. The van der Waals surface area contributed by atoms with Crippen molar-refractivity contribution < 1.29 is 14.7 Å². The minimum atomic E-state index is -0.761. The average Bonchev–Trinajstić information content (AvgIpc) is 3.21. The van der Waals surface area contributed by atoms with Crippen molar-refractivity contribution in [2.75, 3.05) is 13.1 Å². The van der Waals surface area contributed by atoms with E-state index < -0.39 is 5.97 Å². The van der Waals surface area contributed by atoms with Crippen LogP contribution >= 0.6 is 0 Å². The number of carboxylic acid groups (broad SMARTS) is 1. The molecule has 0 saturated heterocycles. The van der Waals surface area contributed by atoms with E-state index in [2.05, 4.69) is 10.6 Å². The largest absolute Gasteiger partial charge is 0.481 e. The highest BCUT2D eigenvalue weighted by molar-refractivity contribution is 5.74. The average molecular weight is 282 g/mol. The third-order valence-electron chi connectivity index (χ3n) is 4.60. The van der Waals surface area contributed by atoms with Crippen LogP contribution in [0.4, 0.5) is 4.79 Å². The number of amides is 2. The Bertz CT molecular complexity index is 347. The van der Waals surface area contributed by atoms with Crippen LogP contribution in [0.25, 0.3) is 0 Å². The zero-order valence-electron chi connectivity index (χ0n) is 12.1. The summed E-state index contributed by atoms with van der Waals surface area (Å²) >= 11 is 0. The van der Waals surface area contributed by atoms with Gasteiger partial charge in [-0.15, -0.1) is 0 Å². The molecule has 0 atom stereocenters. The van der Waals surface area contributed by atoms with Crippen molar-refractivity contribution in [1.29, 1.82) is 0 Å². The summed E-state index contributed by atoms with van der Waals surface area (Å²) in [7, 11) is 0. The van der Waals surface area contributed by atoms with Gasteiger partial charge in [-0.1, -0.05) is 32.1 Å². The van der Waals surface area contributed by atoms with Gasteiger partial charge < -0.3 is 15.7 Å². The molecule has 114 valence electrons. The lowest BCUT2D eigenvalue weighted by Crippen LogP contribution is -2.44. The van der Waals surface area contributed by atoms with Crippen molar-refractivity contribution in [3.8, 4) is 0 Å². The number of urea groups is 1. The van der Waals surface area contributed by atoms with Gasteiger partial charge in [-0.25, -0.2) is 4.79 Å². The van der Waals surface area contributed by atoms with Gasteiger partial charge in [-0.2, -0.15) is 0 Å². The Kier molecular flexibility index (Phi) is 5.26. The van der Waals surface area contributed by atoms with Crippen LogP contribution in [0.2, 0.25) is 0 Å². The number of carbonyl (C=O) groups excluding carboxylic acids is 1. The summed E-state index contributed by atoms with van der Waals surface area (Å²) in [5.74, 6) is 0.0508. The fourth-order valence-electron chi connectivity index (χ4n) is 3.17. The van der Waals surface area contributed by atoms with Gasteiger partial charge in [0.1, 0.15) is 0 Å². The van der Waals surface area contributed by atoms with Crippen LogP contribution in [0.1, 0.15) is 57.8 Å². The Hall–Kier alpha value is -1.26. The fraction of sp³-hybridized carbons (Fsp3) is 0.867. The number of aliphatic carboxylic acids is 1. The zero-order valence-corrected chi connectivity index (χ0v) is 12.1. The van der Waals surface area contributed by atoms with Gasteiger partial charge >= 0.3 is 12.0 Å². The van der Waals surface area contributed by atoms with Gasteiger partial charge in [0.25, 0.3) is 0 Å². The molecule has 5 heteroatoms. The van der Waals surface area contributed by atoms with E-state index >= 15 is 0 Å². The summed E-state index contributed by atoms with van der Waals surface area (Å²) < 4.78 is 0. The predicted molar refractivity (Wildman–Crippen MR) is 76.5 cm³/mol. The maximum absolute atomic E-state index is 11.7. The van der Waals surface area contributed by atoms with E-state index in [1.807, 2.05) is 0 Å². The second kappa shape index (κ2) is 6.95. The smallest absolute Gasteiger partial charge is 0.314 e. The third-order valence-corrected chi connectivity index (χ3v) is 4.60. The molecule has 0 radical (unpaired) electrons. The molecule has 0 aromatic rings. The van der Waals surface area contributed by atoms with Gasteiger partial charge in [0.2, 0.25) is 0 Å². The molecule has 2 aliphatic rings. The van der Waals surface area contributed by atoms with E-state index in [4.69, 9.17) is 5.11 Å². The number of carbonyl (C=O) groups is 2. The number of rotatable bonds is 7. The van der Waals surface area contributed by atoms with Gasteiger partial charge in [0, 0.05) is 13.1 Å². The SMILES string of the molecule is O=C(O)CC1(CNC(=O)NCCC2CC2)CCCCC1. The second-order valence-corrected chi connectivity index (χ2v) is 6.47. The molecule has 0 unspecified atom stereocenters. The highest BCUT2D eigenvalue weighted by Gasteiger charge is 2.34. The molecule has 2 saturated carbocycles. The molecule has 0 bridgehead atoms. The third kappa shape index (κ3) is 5.02. The van der Waals surface area contributed by atoms with Crippen molar-refractivity contribution in [3.63, 3.8) is 0 Å². The summed E-state index contributed by atoms with van der Waals surface area (Å²) in [6.45, 7) is 1.21. The molecule has 0 spiro atoms. The Labute approximate surface area is 120 Å². The Morgan fingerprint density at radius 1 is 1.10 bits per heavy atom. The minimum absolute atomic E-state index is 0.152. The van der Waals surface area contributed by atoms with Crippen LogP contribution in [-0.4, -0.2) is 30.2 Å². The predicted octanol–water partition coefficient (Wildman–Crippen LogP) is 2.51. The van der Waals surface area contributed by atoms with E-state index in [0.29, 0.717) is 6.54 Å². The second-order valence-electron chi connectivity index (χ2n) is 6.47. The maximum atomic E-state index is 11.7. The first kappa shape index (κ1) is 15.1. The summed E-state index contributed by atoms with van der Waals surface area (Å²) in [5, 5.41) is 14.8. The highest BCUT2D eigenvalue weighted by Crippen LogP contribution is 2.38. The first-order chi connectivity index (χ1) is 9.60. The van der Waals surface area contributed by atoms with Crippen LogP contribution in [0.3, 0.4) is 0 Å². The lowest BCUT2D eigenvalue weighted by molar-refractivity contribution is -0.140. The lowest BCUT2D eigenvalue weighted by Gasteiger charge is -2.36. The molecule has 2 rings (SSSR count). The molecule has 2 fully saturated rings. The molecule has 0 aromatic carbocycles. The quantitative estimate of drug-likeness (QED) is 0.671. The van der Waals surface area contributed by atoms with E-state index in [0.717, 1.165) is 44.6 Å². The number of hydrogen-bond donors (Lipinski definition) is 3. The minimum Gasteiger partial charge on any atom is -0.481 e. The first-order valence-electron chi connectivity index (χ1n) is 7.83. The molecule has 20 heavy (non-hydrogen) atoms. The van der Waals surface area contributed by atoms with Crippen molar-refractivity contribution in [2.24, 2.45) is 11.3 Å². The van der Waals surface area contributed by atoms with Crippen molar-refractivity contribution in [1.82, 2.24) is 10.6 Å². The van der Waals surface area contributed by atoms with Gasteiger partial charge in [0.15, 0.2) is 0 Å². The first-order valence-corrected chi connectivity index (χ1v) is 7.83. The molecular formula is C15H26N2O3.